The summed E-state index contributed by atoms with van der Waals surface area (Å²) in [6.45, 7) is 3.20. The fourth-order valence-electron chi connectivity index (χ4n) is 2.91. The van der Waals surface area contributed by atoms with Crippen LogP contribution in [0.2, 0.25) is 0 Å². The zero-order valence-electron chi connectivity index (χ0n) is 9.39. The van der Waals surface area contributed by atoms with Crippen LogP contribution in [0.1, 0.15) is 25.3 Å². The molecule has 0 unspecified atom stereocenters. The first-order valence-electron chi connectivity index (χ1n) is 5.57. The lowest BCUT2D eigenvalue weighted by atomic mass is 9.59. The molecule has 1 aromatic carbocycles. The van der Waals surface area contributed by atoms with Crippen molar-refractivity contribution in [1.29, 1.82) is 0 Å². The number of nitrogens with one attached hydrogen (secondary N) is 1. The molecule has 2 heteroatoms. The monoisotopic (exact) mass is 207 g/mol. The van der Waals surface area contributed by atoms with Crippen molar-refractivity contribution in [3.63, 3.8) is 0 Å². The van der Waals surface area contributed by atoms with Crippen LogP contribution in [0.3, 0.4) is 0 Å². The lowest BCUT2D eigenvalue weighted by molar-refractivity contribution is 0.155. The van der Waals surface area contributed by atoms with Crippen LogP contribution in [-0.2, 0) is 5.41 Å². The van der Waals surface area contributed by atoms with Gasteiger partial charge in [-0.15, -0.1) is 0 Å². The second kappa shape index (κ2) is 3.93. The molecule has 2 rings (SSSR count). The van der Waals surface area contributed by atoms with Gasteiger partial charge in [0.1, 0.15) is 5.82 Å². The Morgan fingerprint density at radius 3 is 2.73 bits per heavy atom. The summed E-state index contributed by atoms with van der Waals surface area (Å²) in [4.78, 5) is 0. The fourth-order valence-corrected chi connectivity index (χ4v) is 2.91. The van der Waals surface area contributed by atoms with E-state index in [-0.39, 0.29) is 11.2 Å². The quantitative estimate of drug-likeness (QED) is 0.803. The Bertz CT molecular complexity index is 337. The Balaban J connectivity index is 2.26. The SMILES string of the molecule is CNCC1(c2cccc(F)c2)CC(C)C1. The first kappa shape index (κ1) is 10.6. The van der Waals surface area contributed by atoms with Crippen molar-refractivity contribution in [3.05, 3.63) is 35.6 Å². The van der Waals surface area contributed by atoms with Crippen LogP contribution in [0.25, 0.3) is 0 Å². The van der Waals surface area contributed by atoms with Crippen LogP contribution in [-0.4, -0.2) is 13.6 Å². The third-order valence-electron chi connectivity index (χ3n) is 3.43. The van der Waals surface area contributed by atoms with Crippen LogP contribution < -0.4 is 5.32 Å². The zero-order valence-corrected chi connectivity index (χ0v) is 9.39. The number of rotatable bonds is 3. The molecule has 0 aromatic heterocycles. The third kappa shape index (κ3) is 1.91. The van der Waals surface area contributed by atoms with Gasteiger partial charge in [0.2, 0.25) is 0 Å². The van der Waals surface area contributed by atoms with Gasteiger partial charge in [0.05, 0.1) is 0 Å². The Hall–Kier alpha value is -0.890. The van der Waals surface area contributed by atoms with Gasteiger partial charge in [-0.3, -0.25) is 0 Å². The van der Waals surface area contributed by atoms with E-state index in [2.05, 4.69) is 12.2 Å². The Morgan fingerprint density at radius 2 is 2.20 bits per heavy atom. The molecule has 0 spiro atoms. The number of hydrogen-bond acceptors (Lipinski definition) is 1. The molecule has 0 aliphatic heterocycles. The van der Waals surface area contributed by atoms with Gasteiger partial charge in [-0.1, -0.05) is 19.1 Å². The Morgan fingerprint density at radius 1 is 1.47 bits per heavy atom. The van der Waals surface area contributed by atoms with Gasteiger partial charge < -0.3 is 5.32 Å². The average Bonchev–Trinajstić information content (AvgIpc) is 2.15. The maximum Gasteiger partial charge on any atom is 0.123 e. The van der Waals surface area contributed by atoms with Gasteiger partial charge in [-0.05, 0) is 43.5 Å². The summed E-state index contributed by atoms with van der Waals surface area (Å²) in [5.74, 6) is 0.643. The summed E-state index contributed by atoms with van der Waals surface area (Å²) in [5.41, 5.74) is 1.32. The van der Waals surface area contributed by atoms with Crippen LogP contribution in [0.5, 0.6) is 0 Å². The molecule has 1 aromatic rings. The molecule has 0 bridgehead atoms. The van der Waals surface area contributed by atoms with Gasteiger partial charge in [0, 0.05) is 12.0 Å². The third-order valence-corrected chi connectivity index (χ3v) is 3.43. The van der Waals surface area contributed by atoms with Crippen LogP contribution >= 0.6 is 0 Å². The highest BCUT2D eigenvalue weighted by Gasteiger charge is 2.42. The van der Waals surface area contributed by atoms with Crippen molar-refractivity contribution in [3.8, 4) is 0 Å². The average molecular weight is 207 g/mol. The highest BCUT2D eigenvalue weighted by molar-refractivity contribution is 5.30. The molecule has 1 aliphatic carbocycles. The lowest BCUT2D eigenvalue weighted by Gasteiger charge is -2.47. The molecule has 1 fully saturated rings. The largest absolute Gasteiger partial charge is 0.319 e. The number of likely N-dealkylation sites (N-methyl/N-ethyl adjacent to an activating group) is 1. The van der Waals surface area contributed by atoms with Crippen LogP contribution in [0.4, 0.5) is 4.39 Å². The molecular formula is C13H18FN. The topological polar surface area (TPSA) is 12.0 Å². The standard InChI is InChI=1S/C13H18FN/c1-10-7-13(8-10,9-15-2)11-4-3-5-12(14)6-11/h3-6,10,15H,7-9H2,1-2H3. The molecule has 1 aliphatic rings. The molecule has 15 heavy (non-hydrogen) atoms. The van der Waals surface area contributed by atoms with E-state index >= 15 is 0 Å². The predicted octanol–water partition coefficient (Wildman–Crippen LogP) is 2.71. The second-order valence-corrected chi connectivity index (χ2v) is 4.83. The molecule has 0 saturated heterocycles. The van der Waals surface area contributed by atoms with Gasteiger partial charge in [-0.25, -0.2) is 4.39 Å². The van der Waals surface area contributed by atoms with E-state index in [4.69, 9.17) is 0 Å². The normalized spacial score (nSPS) is 29.9. The maximum absolute atomic E-state index is 13.2. The van der Waals surface area contributed by atoms with E-state index in [1.807, 2.05) is 19.2 Å². The predicted molar refractivity (Wildman–Crippen MR) is 60.4 cm³/mol. The summed E-state index contributed by atoms with van der Waals surface area (Å²) in [6.07, 6.45) is 2.33. The molecular weight excluding hydrogens is 189 g/mol. The van der Waals surface area contributed by atoms with E-state index < -0.39 is 0 Å². The van der Waals surface area contributed by atoms with Crippen molar-refractivity contribution in [1.82, 2.24) is 5.32 Å². The molecule has 1 nitrogen and oxygen atoms in total. The minimum absolute atomic E-state index is 0.123. The highest BCUT2D eigenvalue weighted by Crippen LogP contribution is 2.47. The molecule has 0 atom stereocenters. The van der Waals surface area contributed by atoms with Crippen molar-refractivity contribution in [2.75, 3.05) is 13.6 Å². The smallest absolute Gasteiger partial charge is 0.123 e. The molecule has 82 valence electrons. The molecule has 0 radical (unpaired) electrons. The van der Waals surface area contributed by atoms with E-state index in [0.29, 0.717) is 0 Å². The molecule has 1 N–H and O–H groups in total. The molecule has 1 saturated carbocycles. The van der Waals surface area contributed by atoms with E-state index in [1.54, 1.807) is 6.07 Å². The van der Waals surface area contributed by atoms with Crippen molar-refractivity contribution in [2.45, 2.75) is 25.2 Å². The van der Waals surface area contributed by atoms with Crippen molar-refractivity contribution in [2.24, 2.45) is 5.92 Å². The minimum Gasteiger partial charge on any atom is -0.319 e. The van der Waals surface area contributed by atoms with Crippen molar-refractivity contribution >= 4 is 0 Å². The molecule has 0 amide bonds. The van der Waals surface area contributed by atoms with Gasteiger partial charge in [0.15, 0.2) is 0 Å². The first-order valence-corrected chi connectivity index (χ1v) is 5.57. The Labute approximate surface area is 90.7 Å². The summed E-state index contributed by atoms with van der Waals surface area (Å²) >= 11 is 0. The highest BCUT2D eigenvalue weighted by atomic mass is 19.1. The minimum atomic E-state index is -0.123. The van der Waals surface area contributed by atoms with Gasteiger partial charge in [-0.2, -0.15) is 0 Å². The number of halogens is 1. The van der Waals surface area contributed by atoms with Crippen molar-refractivity contribution < 1.29 is 4.39 Å². The number of benzene rings is 1. The van der Waals surface area contributed by atoms with Crippen LogP contribution in [0, 0.1) is 11.7 Å². The summed E-state index contributed by atoms with van der Waals surface area (Å²) in [7, 11) is 1.96. The Kier molecular flexibility index (Phi) is 2.79. The van der Waals surface area contributed by atoms with E-state index in [1.165, 1.54) is 6.07 Å². The fraction of sp³-hybridized carbons (Fsp3) is 0.538. The first-order chi connectivity index (χ1) is 7.16. The van der Waals surface area contributed by atoms with E-state index in [0.717, 1.165) is 30.9 Å². The number of hydrogen-bond donors (Lipinski definition) is 1. The van der Waals surface area contributed by atoms with Crippen LogP contribution in [0.15, 0.2) is 24.3 Å². The molecule has 0 heterocycles. The van der Waals surface area contributed by atoms with E-state index in [9.17, 15) is 4.39 Å². The summed E-state index contributed by atoms with van der Waals surface area (Å²) in [6, 6.07) is 7.05. The zero-order chi connectivity index (χ0) is 10.9. The maximum atomic E-state index is 13.2. The van der Waals surface area contributed by atoms with Gasteiger partial charge >= 0.3 is 0 Å². The van der Waals surface area contributed by atoms with Gasteiger partial charge in [0.25, 0.3) is 0 Å². The summed E-state index contributed by atoms with van der Waals surface area (Å²) in [5, 5.41) is 3.23. The lowest BCUT2D eigenvalue weighted by Crippen LogP contribution is -2.47. The second-order valence-electron chi connectivity index (χ2n) is 4.83. The summed E-state index contributed by atoms with van der Waals surface area (Å²) < 4.78 is 13.2.